The fraction of sp³-hybridized carbons (Fsp3) is 0.647. The first kappa shape index (κ1) is 17.2. The Kier molecular flexibility index (Phi) is 6.18. The molecular weight excluding hydrogens is 248 g/mol. The minimum absolute atomic E-state index is 0.104. The molecule has 0 spiro atoms. The molecule has 0 aliphatic carbocycles. The Hall–Kier alpha value is -0.900. The van der Waals surface area contributed by atoms with E-state index in [-0.39, 0.29) is 11.6 Å². The molecule has 2 unspecified atom stereocenters. The number of hydrogen-bond donors (Lipinski definition) is 2. The van der Waals surface area contributed by atoms with Gasteiger partial charge in [-0.05, 0) is 64.2 Å². The third-order valence-corrected chi connectivity index (χ3v) is 4.36. The van der Waals surface area contributed by atoms with Crippen molar-refractivity contribution in [3.63, 3.8) is 0 Å². The fourth-order valence-electron chi connectivity index (χ4n) is 2.97. The first-order valence-electron chi connectivity index (χ1n) is 7.54. The number of aryl methyl sites for hydroxylation is 3. The molecule has 0 fully saturated rings. The van der Waals surface area contributed by atoms with Crippen LogP contribution in [0.5, 0.6) is 0 Å². The summed E-state index contributed by atoms with van der Waals surface area (Å²) >= 11 is 0. The molecule has 114 valence electrons. The van der Waals surface area contributed by atoms with E-state index in [1.807, 2.05) is 6.92 Å². The number of hydrogen-bond acceptors (Lipinski definition) is 3. The maximum atomic E-state index is 5.96. The SMILES string of the molecule is CCOC(C)(CC)C(Cc1c(C)cc(C)cc1C)NN. The molecule has 1 rings (SSSR count). The van der Waals surface area contributed by atoms with Crippen LogP contribution < -0.4 is 11.3 Å². The van der Waals surface area contributed by atoms with Gasteiger partial charge in [0.1, 0.15) is 0 Å². The minimum atomic E-state index is -0.243. The maximum Gasteiger partial charge on any atom is 0.0820 e. The van der Waals surface area contributed by atoms with Crippen molar-refractivity contribution in [3.05, 3.63) is 34.4 Å². The van der Waals surface area contributed by atoms with E-state index < -0.39 is 0 Å². The predicted octanol–water partition coefficient (Wildman–Crippen LogP) is 3.19. The smallest absolute Gasteiger partial charge is 0.0820 e. The average Bonchev–Trinajstić information content (AvgIpc) is 2.38. The topological polar surface area (TPSA) is 47.3 Å². The van der Waals surface area contributed by atoms with E-state index in [9.17, 15) is 0 Å². The zero-order valence-corrected chi connectivity index (χ0v) is 13.8. The molecule has 0 heterocycles. The minimum Gasteiger partial charge on any atom is -0.374 e. The predicted molar refractivity (Wildman–Crippen MR) is 85.8 cm³/mol. The molecule has 1 aromatic rings. The van der Waals surface area contributed by atoms with E-state index in [0.29, 0.717) is 6.61 Å². The van der Waals surface area contributed by atoms with Gasteiger partial charge >= 0.3 is 0 Å². The molecule has 2 atom stereocenters. The lowest BCUT2D eigenvalue weighted by Gasteiger charge is -2.37. The van der Waals surface area contributed by atoms with Crippen molar-refractivity contribution in [1.29, 1.82) is 0 Å². The van der Waals surface area contributed by atoms with Gasteiger partial charge in [0.15, 0.2) is 0 Å². The molecular formula is C17H30N2O. The molecule has 1 aromatic carbocycles. The summed E-state index contributed by atoms with van der Waals surface area (Å²) in [5.74, 6) is 5.81. The lowest BCUT2D eigenvalue weighted by molar-refractivity contribution is -0.0551. The van der Waals surface area contributed by atoms with Crippen LogP contribution in [0.15, 0.2) is 12.1 Å². The van der Waals surface area contributed by atoms with Gasteiger partial charge in [-0.2, -0.15) is 0 Å². The first-order valence-corrected chi connectivity index (χ1v) is 7.54. The highest BCUT2D eigenvalue weighted by Crippen LogP contribution is 2.26. The van der Waals surface area contributed by atoms with Gasteiger partial charge in [0, 0.05) is 6.61 Å². The van der Waals surface area contributed by atoms with Crippen molar-refractivity contribution in [2.24, 2.45) is 5.84 Å². The largest absolute Gasteiger partial charge is 0.374 e. The van der Waals surface area contributed by atoms with Gasteiger partial charge in [0.2, 0.25) is 0 Å². The molecule has 0 amide bonds. The number of ether oxygens (including phenoxy) is 1. The van der Waals surface area contributed by atoms with Crippen LogP contribution in [0.3, 0.4) is 0 Å². The molecule has 20 heavy (non-hydrogen) atoms. The van der Waals surface area contributed by atoms with Gasteiger partial charge in [0.05, 0.1) is 11.6 Å². The Balaban J connectivity index is 3.05. The number of hydrazine groups is 1. The summed E-state index contributed by atoms with van der Waals surface area (Å²) < 4.78 is 5.96. The van der Waals surface area contributed by atoms with Crippen LogP contribution in [0.25, 0.3) is 0 Å². The molecule has 0 aliphatic heterocycles. The fourth-order valence-corrected chi connectivity index (χ4v) is 2.97. The van der Waals surface area contributed by atoms with Gasteiger partial charge < -0.3 is 4.74 Å². The second-order valence-corrected chi connectivity index (χ2v) is 5.90. The summed E-state index contributed by atoms with van der Waals surface area (Å²) in [6, 6.07) is 4.58. The molecule has 0 bridgehead atoms. The van der Waals surface area contributed by atoms with Gasteiger partial charge in [-0.3, -0.25) is 11.3 Å². The van der Waals surface area contributed by atoms with E-state index >= 15 is 0 Å². The van der Waals surface area contributed by atoms with Crippen LogP contribution in [-0.2, 0) is 11.2 Å². The highest BCUT2D eigenvalue weighted by atomic mass is 16.5. The van der Waals surface area contributed by atoms with Crippen molar-refractivity contribution in [1.82, 2.24) is 5.43 Å². The van der Waals surface area contributed by atoms with E-state index in [0.717, 1.165) is 12.8 Å². The van der Waals surface area contributed by atoms with Crippen LogP contribution in [0.4, 0.5) is 0 Å². The highest BCUT2D eigenvalue weighted by Gasteiger charge is 2.33. The van der Waals surface area contributed by atoms with Gasteiger partial charge in [0.25, 0.3) is 0 Å². The average molecular weight is 278 g/mol. The molecule has 3 N–H and O–H groups in total. The van der Waals surface area contributed by atoms with E-state index in [1.165, 1.54) is 22.3 Å². The van der Waals surface area contributed by atoms with Crippen molar-refractivity contribution in [2.45, 2.75) is 66.0 Å². The Morgan fingerprint density at radius 2 is 1.75 bits per heavy atom. The van der Waals surface area contributed by atoms with Crippen molar-refractivity contribution in [3.8, 4) is 0 Å². The third-order valence-electron chi connectivity index (χ3n) is 4.36. The zero-order valence-electron chi connectivity index (χ0n) is 13.8. The summed E-state index contributed by atoms with van der Waals surface area (Å²) in [5, 5.41) is 0. The molecule has 3 heteroatoms. The number of nitrogens with one attached hydrogen (secondary N) is 1. The second kappa shape index (κ2) is 7.21. The van der Waals surface area contributed by atoms with E-state index in [1.54, 1.807) is 0 Å². The van der Waals surface area contributed by atoms with Gasteiger partial charge in [-0.1, -0.05) is 24.6 Å². The van der Waals surface area contributed by atoms with Crippen LogP contribution in [0.2, 0.25) is 0 Å². The first-order chi connectivity index (χ1) is 9.37. The van der Waals surface area contributed by atoms with Gasteiger partial charge in [-0.25, -0.2) is 0 Å². The quantitative estimate of drug-likeness (QED) is 0.595. The number of rotatable bonds is 7. The molecule has 0 radical (unpaired) electrons. The Bertz CT molecular complexity index is 422. The summed E-state index contributed by atoms with van der Waals surface area (Å²) in [6.07, 6.45) is 1.82. The standard InChI is InChI=1S/C17H30N2O/c1-7-17(6,20-8-2)16(19-18)11-15-13(4)9-12(3)10-14(15)5/h9-10,16,19H,7-8,11,18H2,1-6H3. The molecule has 0 saturated carbocycles. The number of benzene rings is 1. The van der Waals surface area contributed by atoms with Gasteiger partial charge in [-0.15, -0.1) is 0 Å². The Morgan fingerprint density at radius 1 is 1.20 bits per heavy atom. The lowest BCUT2D eigenvalue weighted by Crippen LogP contribution is -2.54. The van der Waals surface area contributed by atoms with Crippen molar-refractivity contribution < 1.29 is 4.74 Å². The summed E-state index contributed by atoms with van der Waals surface area (Å²) in [5.41, 5.74) is 8.07. The number of nitrogens with two attached hydrogens (primary N) is 1. The zero-order chi connectivity index (χ0) is 15.3. The summed E-state index contributed by atoms with van der Waals surface area (Å²) in [6.45, 7) is 13.5. The monoisotopic (exact) mass is 278 g/mol. The van der Waals surface area contributed by atoms with E-state index in [4.69, 9.17) is 10.6 Å². The third kappa shape index (κ3) is 3.81. The van der Waals surface area contributed by atoms with Crippen LogP contribution in [0, 0.1) is 20.8 Å². The van der Waals surface area contributed by atoms with Crippen LogP contribution in [-0.4, -0.2) is 18.2 Å². The van der Waals surface area contributed by atoms with Crippen LogP contribution >= 0.6 is 0 Å². The van der Waals surface area contributed by atoms with Crippen molar-refractivity contribution in [2.75, 3.05) is 6.61 Å². The molecule has 0 saturated heterocycles. The summed E-state index contributed by atoms with van der Waals surface area (Å²) in [4.78, 5) is 0. The van der Waals surface area contributed by atoms with E-state index in [2.05, 4.69) is 52.2 Å². The normalized spacial score (nSPS) is 15.9. The van der Waals surface area contributed by atoms with Crippen molar-refractivity contribution >= 4 is 0 Å². The summed E-state index contributed by atoms with van der Waals surface area (Å²) in [7, 11) is 0. The Morgan fingerprint density at radius 3 is 2.15 bits per heavy atom. The molecule has 3 nitrogen and oxygen atoms in total. The highest BCUT2D eigenvalue weighted by molar-refractivity contribution is 5.38. The Labute approximate surface area is 123 Å². The molecule has 0 aliphatic rings. The molecule has 0 aromatic heterocycles. The van der Waals surface area contributed by atoms with Crippen LogP contribution in [0.1, 0.15) is 49.4 Å². The lowest BCUT2D eigenvalue weighted by atomic mass is 9.85. The maximum absolute atomic E-state index is 5.96. The second-order valence-electron chi connectivity index (χ2n) is 5.90.